The standard InChI is InChI=1S/C24H28F21NO6Si/c1-4-50-53(51-5-2,52-6-3)12-8-11-46(13(47)9-7-10-14(48)49)22(39,24(43,44)45)20(35,36)18(31,32)16(27,28)15(25,26)17(29,30)19(33,34)21(37,38)23(40,41)42/h4-12H2,1-3H3,(H,48,49). The van der Waals surface area contributed by atoms with Gasteiger partial charge in [-0.05, 0) is 33.6 Å². The molecule has 53 heavy (non-hydrogen) atoms. The number of halogens is 21. The molecule has 0 rings (SSSR count). The molecule has 1 amide bonds. The summed E-state index contributed by atoms with van der Waals surface area (Å²) in [5, 5.41) is 8.64. The first kappa shape index (κ1) is 50.6. The highest BCUT2D eigenvalue weighted by Gasteiger charge is 2.98. The normalized spacial score (nSPS) is 16.1. The maximum Gasteiger partial charge on any atom is 0.500 e. The highest BCUT2D eigenvalue weighted by atomic mass is 28.4. The molecule has 0 aromatic heterocycles. The molecular formula is C24H28F21NO6Si. The lowest BCUT2D eigenvalue weighted by Gasteiger charge is -2.48. The second-order valence-corrected chi connectivity index (χ2v) is 13.2. The van der Waals surface area contributed by atoms with E-state index in [4.69, 9.17) is 18.4 Å². The Morgan fingerprint density at radius 2 is 0.849 bits per heavy atom. The van der Waals surface area contributed by atoms with Gasteiger partial charge in [0.25, 0.3) is 0 Å². The highest BCUT2D eigenvalue weighted by Crippen LogP contribution is 2.66. The van der Waals surface area contributed by atoms with Crippen LogP contribution in [0.4, 0.5) is 92.2 Å². The van der Waals surface area contributed by atoms with Gasteiger partial charge in [0.05, 0.1) is 0 Å². The zero-order valence-electron chi connectivity index (χ0n) is 26.7. The van der Waals surface area contributed by atoms with Crippen molar-refractivity contribution >= 4 is 20.7 Å². The van der Waals surface area contributed by atoms with Crippen LogP contribution < -0.4 is 0 Å². The summed E-state index contributed by atoms with van der Waals surface area (Å²) in [6, 6.07) is -0.986. The van der Waals surface area contributed by atoms with Crippen molar-refractivity contribution in [1.82, 2.24) is 4.90 Å². The molecule has 0 aromatic carbocycles. The number of carbonyl (C=O) groups excluding carboxylic acids is 1. The van der Waals surface area contributed by atoms with Crippen LogP contribution in [0.1, 0.15) is 46.5 Å². The number of hydrogen-bond donors (Lipinski definition) is 1. The minimum Gasteiger partial charge on any atom is -0.481 e. The third-order valence-electron chi connectivity index (χ3n) is 6.93. The fourth-order valence-corrected chi connectivity index (χ4v) is 6.90. The van der Waals surface area contributed by atoms with E-state index in [1.807, 2.05) is 0 Å². The fourth-order valence-electron chi connectivity index (χ4n) is 4.30. The van der Waals surface area contributed by atoms with Crippen molar-refractivity contribution in [3.8, 4) is 0 Å². The van der Waals surface area contributed by atoms with Gasteiger partial charge in [0.1, 0.15) is 0 Å². The molecular weight excluding hydrogens is 825 g/mol. The average Bonchev–Trinajstić information content (AvgIpc) is 2.97. The molecule has 0 saturated carbocycles. The topological polar surface area (TPSA) is 85.3 Å². The fraction of sp³-hybridized carbons (Fsp3) is 0.917. The Hall–Kier alpha value is -2.43. The number of rotatable bonds is 22. The Kier molecular flexibility index (Phi) is 15.6. The maximum absolute atomic E-state index is 15.9. The maximum atomic E-state index is 15.9. The van der Waals surface area contributed by atoms with Gasteiger partial charge in [-0.25, -0.2) is 4.39 Å². The van der Waals surface area contributed by atoms with Crippen LogP contribution in [0.3, 0.4) is 0 Å². The van der Waals surface area contributed by atoms with Gasteiger partial charge < -0.3 is 18.4 Å². The van der Waals surface area contributed by atoms with Crippen LogP contribution in [0.15, 0.2) is 0 Å². The van der Waals surface area contributed by atoms with Crippen LogP contribution in [-0.2, 0) is 22.9 Å². The molecule has 1 atom stereocenters. The summed E-state index contributed by atoms with van der Waals surface area (Å²) in [7, 11) is -4.22. The molecule has 0 bridgehead atoms. The number of nitrogens with zero attached hydrogens (tertiary/aromatic N) is 1. The Bertz CT molecular complexity index is 1230. The van der Waals surface area contributed by atoms with Gasteiger partial charge in [0.15, 0.2) is 0 Å². The van der Waals surface area contributed by atoms with Crippen molar-refractivity contribution in [2.45, 2.75) is 112 Å². The Morgan fingerprint density at radius 1 is 0.509 bits per heavy atom. The number of carboxylic acids is 1. The van der Waals surface area contributed by atoms with E-state index in [1.165, 1.54) is 20.8 Å². The minimum absolute atomic E-state index is 0.355. The van der Waals surface area contributed by atoms with Crippen molar-refractivity contribution in [2.75, 3.05) is 26.4 Å². The average molecular weight is 854 g/mol. The second kappa shape index (κ2) is 16.3. The summed E-state index contributed by atoms with van der Waals surface area (Å²) in [4.78, 5) is 21.3. The van der Waals surface area contributed by atoms with Gasteiger partial charge in [-0.1, -0.05) is 0 Å². The quantitative estimate of drug-likeness (QED) is 0.0667. The van der Waals surface area contributed by atoms with Gasteiger partial charge in [-0.3, -0.25) is 14.5 Å². The largest absolute Gasteiger partial charge is 0.500 e. The predicted octanol–water partition coefficient (Wildman–Crippen LogP) is 8.75. The van der Waals surface area contributed by atoms with Crippen LogP contribution in [0, 0.1) is 0 Å². The predicted molar refractivity (Wildman–Crippen MR) is 134 cm³/mol. The monoisotopic (exact) mass is 853 g/mol. The van der Waals surface area contributed by atoms with E-state index < -0.39 is 123 Å². The van der Waals surface area contributed by atoms with E-state index in [2.05, 4.69) is 0 Å². The lowest BCUT2D eigenvalue weighted by atomic mass is 9.85. The minimum atomic E-state index is -9.34. The Morgan fingerprint density at radius 3 is 1.15 bits per heavy atom. The van der Waals surface area contributed by atoms with Crippen LogP contribution in [0.2, 0.25) is 6.04 Å². The molecule has 1 N–H and O–H groups in total. The number of aliphatic carboxylic acids is 1. The molecule has 0 radical (unpaired) electrons. The molecule has 0 fully saturated rings. The van der Waals surface area contributed by atoms with Crippen LogP contribution in [0.25, 0.3) is 0 Å². The van der Waals surface area contributed by atoms with Gasteiger partial charge in [-0.15, -0.1) is 0 Å². The van der Waals surface area contributed by atoms with Gasteiger partial charge in [0, 0.05) is 45.3 Å². The molecule has 316 valence electrons. The van der Waals surface area contributed by atoms with Gasteiger partial charge in [0.2, 0.25) is 5.91 Å². The lowest BCUT2D eigenvalue weighted by Crippen LogP contribution is -2.79. The Balaban J connectivity index is 7.71. The van der Waals surface area contributed by atoms with E-state index in [1.54, 1.807) is 0 Å². The third kappa shape index (κ3) is 8.70. The van der Waals surface area contributed by atoms with Crippen molar-refractivity contribution in [1.29, 1.82) is 0 Å². The molecule has 0 saturated heterocycles. The first-order valence-electron chi connectivity index (χ1n) is 14.3. The number of hydrogen-bond acceptors (Lipinski definition) is 5. The number of carboxylic acid groups (broad SMARTS) is 1. The van der Waals surface area contributed by atoms with Crippen molar-refractivity contribution in [3.63, 3.8) is 0 Å². The molecule has 0 spiro atoms. The first-order chi connectivity index (χ1) is 23.4. The SMILES string of the molecule is CCO[Si](CCCN(C(=O)CCCC(=O)O)C(F)(C(F)(F)F)C(F)(F)C(F)(F)C(F)(F)C(F)(F)C(F)(F)C(F)(F)C(F)(F)C(F)(F)F)(OCC)OCC. The zero-order chi connectivity index (χ0) is 42.7. The molecule has 7 nitrogen and oxygen atoms in total. The van der Waals surface area contributed by atoms with E-state index >= 15 is 13.2 Å². The van der Waals surface area contributed by atoms with Crippen LogP contribution in [0.5, 0.6) is 0 Å². The van der Waals surface area contributed by atoms with Gasteiger partial charge in [-0.2, -0.15) is 87.8 Å². The van der Waals surface area contributed by atoms with Crippen molar-refractivity contribution in [2.24, 2.45) is 0 Å². The second-order valence-electron chi connectivity index (χ2n) is 10.5. The lowest BCUT2D eigenvalue weighted by molar-refractivity contribution is -0.476. The summed E-state index contributed by atoms with van der Waals surface area (Å²) in [5.74, 6) is -76.0. The number of alkyl halides is 21. The summed E-state index contributed by atoms with van der Waals surface area (Å²) >= 11 is 0. The molecule has 0 aliphatic rings. The molecule has 0 aliphatic heterocycles. The summed E-state index contributed by atoms with van der Waals surface area (Å²) < 4.78 is 309. The van der Waals surface area contributed by atoms with E-state index in [0.29, 0.717) is 0 Å². The van der Waals surface area contributed by atoms with Crippen molar-refractivity contribution in [3.05, 3.63) is 0 Å². The third-order valence-corrected chi connectivity index (χ3v) is 10.1. The van der Waals surface area contributed by atoms with E-state index in [9.17, 15) is 88.6 Å². The number of amides is 1. The van der Waals surface area contributed by atoms with E-state index in [0.717, 1.165) is 0 Å². The van der Waals surface area contributed by atoms with Gasteiger partial charge >= 0.3 is 74.4 Å². The highest BCUT2D eigenvalue weighted by molar-refractivity contribution is 6.60. The van der Waals surface area contributed by atoms with Crippen LogP contribution in [-0.4, -0.2) is 117 Å². The molecule has 29 heteroatoms. The zero-order valence-corrected chi connectivity index (χ0v) is 27.7. The molecule has 0 aromatic rings. The Labute approximate surface area is 285 Å². The van der Waals surface area contributed by atoms with Crippen molar-refractivity contribution < 1.29 is 120 Å². The molecule has 1 unspecified atom stereocenters. The van der Waals surface area contributed by atoms with E-state index in [-0.39, 0.29) is 19.8 Å². The molecule has 0 aliphatic carbocycles. The molecule has 0 heterocycles. The summed E-state index contributed by atoms with van der Waals surface area (Å²) in [6.45, 7) is 0.330. The first-order valence-corrected chi connectivity index (χ1v) is 16.2. The smallest absolute Gasteiger partial charge is 0.481 e. The summed E-state index contributed by atoms with van der Waals surface area (Å²) in [5.41, 5.74) is 0. The van der Waals surface area contributed by atoms with Crippen LogP contribution >= 0.6 is 0 Å². The number of carbonyl (C=O) groups is 2. The summed E-state index contributed by atoms with van der Waals surface area (Å²) in [6.07, 6.45) is -21.9.